The van der Waals surface area contributed by atoms with E-state index in [-0.39, 0.29) is 23.7 Å². The maximum Gasteiger partial charge on any atom is 0.303 e. The second kappa shape index (κ2) is 11.2. The van der Waals surface area contributed by atoms with Gasteiger partial charge in [0, 0.05) is 13.3 Å². The lowest BCUT2D eigenvalue weighted by atomic mass is 10.2. The Balaban J connectivity index is 0.00000101. The smallest absolute Gasteiger partial charge is 0.303 e. The maximum atomic E-state index is 12.0. The predicted octanol–water partition coefficient (Wildman–Crippen LogP) is 3.03. The summed E-state index contributed by atoms with van der Waals surface area (Å²) in [5, 5.41) is 7.72. The van der Waals surface area contributed by atoms with E-state index in [1.54, 1.807) is 37.3 Å². The lowest BCUT2D eigenvalue weighted by molar-refractivity contribution is -0.136. The third-order valence-corrected chi connectivity index (χ3v) is 3.97. The van der Waals surface area contributed by atoms with Gasteiger partial charge in [-0.1, -0.05) is 48.9 Å². The van der Waals surface area contributed by atoms with Crippen LogP contribution in [0.2, 0.25) is 0 Å². The molecule has 0 aliphatic heterocycles. The first-order valence-electron chi connectivity index (χ1n) is 7.69. The summed E-state index contributed by atoms with van der Waals surface area (Å²) in [7, 11) is -3.60. The SMILES string of the molecule is CC(=O)/C(=C\C=C(C)C)NS(=O)(=O)Cc1ccccc1.CCC(=O)O. The predicted molar refractivity (Wildman–Crippen MR) is 98.3 cm³/mol. The van der Waals surface area contributed by atoms with Gasteiger partial charge in [-0.2, -0.15) is 0 Å². The number of ketones is 1. The molecular formula is C18H25NO5S. The quantitative estimate of drug-likeness (QED) is 0.570. The molecule has 0 radical (unpaired) electrons. The van der Waals surface area contributed by atoms with E-state index in [9.17, 15) is 18.0 Å². The van der Waals surface area contributed by atoms with Crippen LogP contribution in [0.1, 0.15) is 39.7 Å². The standard InChI is InChI=1S/C15H19NO3S.C3H6O2/c1-12(2)9-10-15(13(3)17)16-20(18,19)11-14-7-5-4-6-8-14;1-2-3(4)5/h4-10,16H,11H2,1-3H3;2H2,1H3,(H,4,5)/b15-10+;. The fourth-order valence-electron chi connectivity index (χ4n) is 1.47. The number of Topliss-reactive ketones (excluding diaryl/α,β-unsaturated/α-hetero) is 1. The minimum absolute atomic E-state index is 0.0714. The number of hydrogen-bond acceptors (Lipinski definition) is 4. The first kappa shape index (κ1) is 22.6. The monoisotopic (exact) mass is 367 g/mol. The van der Waals surface area contributed by atoms with E-state index in [0.717, 1.165) is 5.57 Å². The average Bonchev–Trinajstić information content (AvgIpc) is 2.52. The number of rotatable bonds is 7. The minimum atomic E-state index is -3.60. The lowest BCUT2D eigenvalue weighted by Gasteiger charge is -2.09. The van der Waals surface area contributed by atoms with Crippen molar-refractivity contribution in [3.05, 3.63) is 59.3 Å². The van der Waals surface area contributed by atoms with Crippen LogP contribution in [0.4, 0.5) is 0 Å². The second-order valence-electron chi connectivity index (χ2n) is 5.47. The molecule has 0 amide bonds. The topological polar surface area (TPSA) is 101 Å². The molecule has 25 heavy (non-hydrogen) atoms. The van der Waals surface area contributed by atoms with Crippen LogP contribution in [0, 0.1) is 0 Å². The molecule has 1 rings (SSSR count). The van der Waals surface area contributed by atoms with E-state index >= 15 is 0 Å². The van der Waals surface area contributed by atoms with Gasteiger partial charge in [-0.3, -0.25) is 14.3 Å². The van der Waals surface area contributed by atoms with Crippen LogP contribution < -0.4 is 4.72 Å². The Morgan fingerprint density at radius 3 is 2.00 bits per heavy atom. The van der Waals surface area contributed by atoms with Crippen molar-refractivity contribution in [2.45, 2.75) is 39.9 Å². The largest absolute Gasteiger partial charge is 0.481 e. The van der Waals surface area contributed by atoms with E-state index in [2.05, 4.69) is 4.72 Å². The van der Waals surface area contributed by atoms with E-state index in [1.165, 1.54) is 13.0 Å². The van der Waals surface area contributed by atoms with Gasteiger partial charge in [-0.05, 0) is 25.5 Å². The fourth-order valence-corrected chi connectivity index (χ4v) is 2.72. The Hall–Kier alpha value is -2.41. The first-order valence-corrected chi connectivity index (χ1v) is 9.35. The summed E-state index contributed by atoms with van der Waals surface area (Å²) in [5.74, 6) is -1.23. The van der Waals surface area contributed by atoms with Gasteiger partial charge in [0.2, 0.25) is 10.0 Å². The Kier molecular flexibility index (Phi) is 10.1. The number of sulfonamides is 1. The molecule has 0 spiro atoms. The highest BCUT2D eigenvalue weighted by Gasteiger charge is 2.15. The van der Waals surface area contributed by atoms with Crippen LogP contribution >= 0.6 is 0 Å². The van der Waals surface area contributed by atoms with Crippen molar-refractivity contribution >= 4 is 21.8 Å². The van der Waals surface area contributed by atoms with Crippen molar-refractivity contribution in [2.75, 3.05) is 0 Å². The molecule has 0 unspecified atom stereocenters. The molecule has 1 aromatic rings. The summed E-state index contributed by atoms with van der Waals surface area (Å²) in [5.41, 5.74) is 1.72. The summed E-state index contributed by atoms with van der Waals surface area (Å²) in [4.78, 5) is 20.8. The van der Waals surface area contributed by atoms with Gasteiger partial charge in [0.25, 0.3) is 0 Å². The van der Waals surface area contributed by atoms with Crippen molar-refractivity contribution in [1.29, 1.82) is 0 Å². The van der Waals surface area contributed by atoms with Crippen LogP contribution in [0.25, 0.3) is 0 Å². The molecule has 0 heterocycles. The molecule has 7 heteroatoms. The van der Waals surface area contributed by atoms with E-state index in [0.29, 0.717) is 5.56 Å². The zero-order valence-electron chi connectivity index (χ0n) is 14.9. The van der Waals surface area contributed by atoms with Gasteiger partial charge in [-0.25, -0.2) is 8.42 Å². The number of nitrogens with one attached hydrogen (secondary N) is 1. The highest BCUT2D eigenvalue weighted by molar-refractivity contribution is 7.88. The summed E-state index contributed by atoms with van der Waals surface area (Å²) in [6.07, 6.45) is 3.40. The van der Waals surface area contributed by atoms with Crippen molar-refractivity contribution in [3.8, 4) is 0 Å². The Morgan fingerprint density at radius 1 is 1.08 bits per heavy atom. The zero-order chi connectivity index (χ0) is 19.5. The van der Waals surface area contributed by atoms with Crippen LogP contribution in [-0.4, -0.2) is 25.3 Å². The van der Waals surface area contributed by atoms with Gasteiger partial charge >= 0.3 is 5.97 Å². The Morgan fingerprint density at radius 2 is 1.60 bits per heavy atom. The molecule has 0 saturated carbocycles. The molecule has 0 aliphatic carbocycles. The molecule has 0 aliphatic rings. The van der Waals surface area contributed by atoms with Gasteiger partial charge < -0.3 is 5.11 Å². The molecule has 0 fully saturated rings. The Bertz CT molecular complexity index is 730. The molecule has 0 atom stereocenters. The molecule has 0 saturated heterocycles. The average molecular weight is 367 g/mol. The van der Waals surface area contributed by atoms with Crippen LogP contribution in [-0.2, 0) is 25.4 Å². The number of carboxylic acid groups (broad SMARTS) is 1. The zero-order valence-corrected chi connectivity index (χ0v) is 15.8. The molecule has 1 aromatic carbocycles. The van der Waals surface area contributed by atoms with Crippen molar-refractivity contribution in [3.63, 3.8) is 0 Å². The van der Waals surface area contributed by atoms with Gasteiger partial charge in [0.05, 0.1) is 11.4 Å². The third-order valence-electron chi connectivity index (χ3n) is 2.73. The van der Waals surface area contributed by atoms with E-state index in [1.807, 2.05) is 19.9 Å². The van der Waals surface area contributed by atoms with Gasteiger partial charge in [-0.15, -0.1) is 0 Å². The molecule has 0 aromatic heterocycles. The minimum Gasteiger partial charge on any atom is -0.481 e. The summed E-state index contributed by atoms with van der Waals surface area (Å²) < 4.78 is 26.4. The third kappa shape index (κ3) is 11.7. The highest BCUT2D eigenvalue weighted by Crippen LogP contribution is 2.06. The van der Waals surface area contributed by atoms with E-state index in [4.69, 9.17) is 5.11 Å². The number of hydrogen-bond donors (Lipinski definition) is 2. The molecule has 2 N–H and O–H groups in total. The number of benzene rings is 1. The van der Waals surface area contributed by atoms with Crippen molar-refractivity contribution < 1.29 is 23.1 Å². The lowest BCUT2D eigenvalue weighted by Crippen LogP contribution is -2.27. The molecule has 6 nitrogen and oxygen atoms in total. The second-order valence-corrected chi connectivity index (χ2v) is 7.20. The van der Waals surface area contributed by atoms with Crippen molar-refractivity contribution in [1.82, 2.24) is 4.72 Å². The molecule has 0 bridgehead atoms. The molecular weight excluding hydrogens is 342 g/mol. The number of carboxylic acids is 1. The summed E-state index contributed by atoms with van der Waals surface area (Å²) in [6.45, 7) is 6.66. The van der Waals surface area contributed by atoms with Crippen molar-refractivity contribution in [2.24, 2.45) is 0 Å². The molecule has 138 valence electrons. The maximum absolute atomic E-state index is 12.0. The van der Waals surface area contributed by atoms with Gasteiger partial charge in [0.15, 0.2) is 5.78 Å². The Labute approximate surface area is 149 Å². The fraction of sp³-hybridized carbons (Fsp3) is 0.333. The number of carbonyl (C=O) groups is 2. The van der Waals surface area contributed by atoms with E-state index < -0.39 is 16.0 Å². The van der Waals surface area contributed by atoms with Crippen LogP contribution in [0.3, 0.4) is 0 Å². The first-order chi connectivity index (χ1) is 11.6. The summed E-state index contributed by atoms with van der Waals surface area (Å²) >= 11 is 0. The number of carbonyl (C=O) groups excluding carboxylic acids is 1. The van der Waals surface area contributed by atoms with Crippen LogP contribution in [0.5, 0.6) is 0 Å². The normalized spacial score (nSPS) is 11.0. The number of aliphatic carboxylic acids is 1. The summed E-state index contributed by atoms with van der Waals surface area (Å²) in [6, 6.07) is 8.82. The van der Waals surface area contributed by atoms with Gasteiger partial charge in [0.1, 0.15) is 0 Å². The number of allylic oxidation sites excluding steroid dienone is 4. The highest BCUT2D eigenvalue weighted by atomic mass is 32.2. The van der Waals surface area contributed by atoms with Crippen LogP contribution in [0.15, 0.2) is 53.8 Å².